The first-order chi connectivity index (χ1) is 11.0. The van der Waals surface area contributed by atoms with Gasteiger partial charge in [-0.25, -0.2) is 0 Å². The molecule has 2 amide bonds. The molecule has 0 atom stereocenters. The molecule has 0 unspecified atom stereocenters. The van der Waals surface area contributed by atoms with Gasteiger partial charge in [-0.1, -0.05) is 31.4 Å². The lowest BCUT2D eigenvalue weighted by Gasteiger charge is -2.21. The molecular weight excluding hydrogens is 292 g/mol. The summed E-state index contributed by atoms with van der Waals surface area (Å²) in [6.45, 7) is 0.437. The fourth-order valence-corrected chi connectivity index (χ4v) is 3.05. The van der Waals surface area contributed by atoms with E-state index in [0.717, 1.165) is 18.4 Å². The number of aromatic hydroxyl groups is 1. The number of likely N-dealkylation sites (N-methyl/N-ethyl adjacent to an activating group) is 1. The predicted molar refractivity (Wildman–Crippen MR) is 88.8 cm³/mol. The van der Waals surface area contributed by atoms with Crippen LogP contribution in [0, 0.1) is 5.92 Å². The minimum atomic E-state index is -0.134. The van der Waals surface area contributed by atoms with Gasteiger partial charge in [-0.3, -0.25) is 9.59 Å². The zero-order valence-electron chi connectivity index (χ0n) is 13.8. The molecule has 0 radical (unpaired) electrons. The number of hydrogen-bond donors (Lipinski definition) is 2. The van der Waals surface area contributed by atoms with Crippen LogP contribution in [0.15, 0.2) is 24.3 Å². The number of carbonyl (C=O) groups is 2. The number of phenolic OH excluding ortho intramolecular Hbond substituents is 1. The molecule has 1 fully saturated rings. The fraction of sp³-hybridized carbons (Fsp3) is 0.556. The highest BCUT2D eigenvalue weighted by atomic mass is 16.3. The van der Waals surface area contributed by atoms with Crippen LogP contribution in [0.4, 0.5) is 0 Å². The van der Waals surface area contributed by atoms with Gasteiger partial charge in [-0.05, 0) is 36.5 Å². The van der Waals surface area contributed by atoms with Gasteiger partial charge >= 0.3 is 0 Å². The van der Waals surface area contributed by atoms with Crippen molar-refractivity contribution in [3.05, 3.63) is 29.8 Å². The predicted octanol–water partition coefficient (Wildman–Crippen LogP) is 2.44. The Morgan fingerprint density at radius 2 is 2.00 bits per heavy atom. The van der Waals surface area contributed by atoms with Crippen LogP contribution in [-0.2, 0) is 16.1 Å². The third-order valence-corrected chi connectivity index (χ3v) is 4.39. The molecule has 1 saturated carbocycles. The SMILES string of the molecule is CN(Cc1cccc(O)c1)C(=O)CNC(=O)CC1CCCCC1. The lowest BCUT2D eigenvalue weighted by atomic mass is 9.87. The van der Waals surface area contributed by atoms with Crippen LogP contribution < -0.4 is 5.32 Å². The molecule has 0 heterocycles. The highest BCUT2D eigenvalue weighted by molar-refractivity contribution is 5.84. The smallest absolute Gasteiger partial charge is 0.242 e. The second kappa shape index (κ2) is 8.56. The van der Waals surface area contributed by atoms with Gasteiger partial charge in [0, 0.05) is 20.0 Å². The van der Waals surface area contributed by atoms with Crippen LogP contribution in [-0.4, -0.2) is 35.4 Å². The molecule has 5 heteroatoms. The molecule has 2 rings (SSSR count). The Hall–Kier alpha value is -2.04. The minimum absolute atomic E-state index is 0.0286. The number of phenols is 1. The van der Waals surface area contributed by atoms with E-state index in [1.807, 2.05) is 6.07 Å². The molecule has 0 spiro atoms. The maximum Gasteiger partial charge on any atom is 0.242 e. The van der Waals surface area contributed by atoms with Crippen molar-refractivity contribution >= 4 is 11.8 Å². The first kappa shape index (κ1) is 17.3. The summed E-state index contributed by atoms with van der Waals surface area (Å²) in [5, 5.41) is 12.2. The van der Waals surface area contributed by atoms with Gasteiger partial charge in [0.1, 0.15) is 5.75 Å². The fourth-order valence-electron chi connectivity index (χ4n) is 3.05. The summed E-state index contributed by atoms with van der Waals surface area (Å²) in [4.78, 5) is 25.6. The lowest BCUT2D eigenvalue weighted by Crippen LogP contribution is -2.38. The number of nitrogens with one attached hydrogen (secondary N) is 1. The van der Waals surface area contributed by atoms with E-state index in [0.29, 0.717) is 18.9 Å². The third kappa shape index (κ3) is 5.93. The van der Waals surface area contributed by atoms with Gasteiger partial charge in [-0.15, -0.1) is 0 Å². The van der Waals surface area contributed by atoms with Crippen LogP contribution in [0.3, 0.4) is 0 Å². The molecule has 1 aliphatic carbocycles. The summed E-state index contributed by atoms with van der Waals surface area (Å²) in [5.74, 6) is 0.495. The zero-order valence-corrected chi connectivity index (χ0v) is 13.8. The van der Waals surface area contributed by atoms with E-state index < -0.39 is 0 Å². The van der Waals surface area contributed by atoms with Crippen LogP contribution in [0.1, 0.15) is 44.1 Å². The Morgan fingerprint density at radius 3 is 2.70 bits per heavy atom. The Bertz CT molecular complexity index is 539. The zero-order chi connectivity index (χ0) is 16.7. The number of hydrogen-bond acceptors (Lipinski definition) is 3. The molecule has 1 aliphatic rings. The van der Waals surface area contributed by atoms with Crippen molar-refractivity contribution in [2.45, 2.75) is 45.1 Å². The summed E-state index contributed by atoms with van der Waals surface area (Å²) >= 11 is 0. The lowest BCUT2D eigenvalue weighted by molar-refractivity contribution is -0.132. The Balaban J connectivity index is 1.71. The van der Waals surface area contributed by atoms with Crippen molar-refractivity contribution in [3.8, 4) is 5.75 Å². The number of nitrogens with zero attached hydrogens (tertiary/aromatic N) is 1. The van der Waals surface area contributed by atoms with E-state index in [2.05, 4.69) is 5.32 Å². The molecule has 0 aliphatic heterocycles. The Kier molecular flexibility index (Phi) is 6.44. The van der Waals surface area contributed by atoms with Crippen LogP contribution >= 0.6 is 0 Å². The van der Waals surface area contributed by atoms with Gasteiger partial charge < -0.3 is 15.3 Å². The van der Waals surface area contributed by atoms with E-state index in [4.69, 9.17) is 0 Å². The van der Waals surface area contributed by atoms with Crippen molar-refractivity contribution in [1.82, 2.24) is 10.2 Å². The van der Waals surface area contributed by atoms with Gasteiger partial charge in [-0.2, -0.15) is 0 Å². The maximum absolute atomic E-state index is 12.1. The summed E-state index contributed by atoms with van der Waals surface area (Å²) in [6.07, 6.45) is 6.48. The van der Waals surface area contributed by atoms with E-state index in [1.165, 1.54) is 19.3 Å². The number of rotatable bonds is 6. The van der Waals surface area contributed by atoms with Gasteiger partial charge in [0.25, 0.3) is 0 Å². The highest BCUT2D eigenvalue weighted by Crippen LogP contribution is 2.25. The molecule has 126 valence electrons. The van der Waals surface area contributed by atoms with Crippen LogP contribution in [0.2, 0.25) is 0 Å². The topological polar surface area (TPSA) is 69.6 Å². The molecule has 0 aromatic heterocycles. The van der Waals surface area contributed by atoms with Crippen LogP contribution in [0.5, 0.6) is 5.75 Å². The van der Waals surface area contributed by atoms with E-state index >= 15 is 0 Å². The Morgan fingerprint density at radius 1 is 1.26 bits per heavy atom. The molecule has 5 nitrogen and oxygen atoms in total. The number of amides is 2. The second-order valence-electron chi connectivity index (χ2n) is 6.40. The third-order valence-electron chi connectivity index (χ3n) is 4.39. The normalized spacial score (nSPS) is 15.2. The molecule has 2 N–H and O–H groups in total. The van der Waals surface area contributed by atoms with Crippen molar-refractivity contribution < 1.29 is 14.7 Å². The van der Waals surface area contributed by atoms with E-state index in [-0.39, 0.29) is 24.1 Å². The van der Waals surface area contributed by atoms with E-state index in [9.17, 15) is 14.7 Å². The first-order valence-corrected chi connectivity index (χ1v) is 8.33. The summed E-state index contributed by atoms with van der Waals surface area (Å²) in [6, 6.07) is 6.82. The average Bonchev–Trinajstić information content (AvgIpc) is 2.53. The number of carbonyl (C=O) groups excluding carboxylic acids is 2. The standard InChI is InChI=1S/C18H26N2O3/c1-20(13-15-8-5-9-16(21)10-15)18(23)12-19-17(22)11-14-6-3-2-4-7-14/h5,8-10,14,21H,2-4,6-7,11-13H2,1H3,(H,19,22). The quantitative estimate of drug-likeness (QED) is 0.846. The molecule has 0 bridgehead atoms. The van der Waals surface area contributed by atoms with E-state index in [1.54, 1.807) is 30.1 Å². The van der Waals surface area contributed by atoms with Gasteiger partial charge in [0.15, 0.2) is 0 Å². The number of benzene rings is 1. The van der Waals surface area contributed by atoms with Gasteiger partial charge in [0.2, 0.25) is 11.8 Å². The summed E-state index contributed by atoms with van der Waals surface area (Å²) < 4.78 is 0. The molecule has 23 heavy (non-hydrogen) atoms. The average molecular weight is 318 g/mol. The first-order valence-electron chi connectivity index (χ1n) is 8.33. The summed E-state index contributed by atoms with van der Waals surface area (Å²) in [5.41, 5.74) is 0.856. The molecular formula is C18H26N2O3. The van der Waals surface area contributed by atoms with Crippen molar-refractivity contribution in [2.24, 2.45) is 5.92 Å². The second-order valence-corrected chi connectivity index (χ2v) is 6.40. The van der Waals surface area contributed by atoms with Crippen molar-refractivity contribution in [3.63, 3.8) is 0 Å². The van der Waals surface area contributed by atoms with Crippen LogP contribution in [0.25, 0.3) is 0 Å². The highest BCUT2D eigenvalue weighted by Gasteiger charge is 2.18. The molecule has 1 aromatic rings. The van der Waals surface area contributed by atoms with Crippen molar-refractivity contribution in [2.75, 3.05) is 13.6 Å². The van der Waals surface area contributed by atoms with Crippen molar-refractivity contribution in [1.29, 1.82) is 0 Å². The summed E-state index contributed by atoms with van der Waals surface area (Å²) in [7, 11) is 1.69. The van der Waals surface area contributed by atoms with Gasteiger partial charge in [0.05, 0.1) is 6.54 Å². The monoisotopic (exact) mass is 318 g/mol. The Labute approximate surface area is 137 Å². The molecule has 0 saturated heterocycles. The minimum Gasteiger partial charge on any atom is -0.508 e. The largest absolute Gasteiger partial charge is 0.508 e. The maximum atomic E-state index is 12.1. The molecule has 1 aromatic carbocycles.